The van der Waals surface area contributed by atoms with Gasteiger partial charge in [-0.05, 0) is 45.0 Å². The number of para-hydroxylation sites is 1. The summed E-state index contributed by atoms with van der Waals surface area (Å²) in [4.78, 5) is 14.4. The number of likely N-dealkylation sites (N-methyl/N-ethyl adjacent to an activating group) is 1. The van der Waals surface area contributed by atoms with Gasteiger partial charge in [-0.25, -0.2) is 8.42 Å². The molecule has 0 aliphatic rings. The van der Waals surface area contributed by atoms with Crippen LogP contribution in [0, 0.1) is 6.92 Å². The Morgan fingerprint density at radius 2 is 1.71 bits per heavy atom. The van der Waals surface area contributed by atoms with E-state index in [-0.39, 0.29) is 16.8 Å². The first kappa shape index (κ1) is 20.1. The van der Waals surface area contributed by atoms with Crippen LogP contribution in [0.15, 0.2) is 63.9 Å². The zero-order chi connectivity index (χ0) is 20.5. The quantitative estimate of drug-likeness (QED) is 0.685. The number of aryl methyl sites for hydroxylation is 1. The van der Waals surface area contributed by atoms with E-state index in [4.69, 9.17) is 4.42 Å². The molecular formula is C21H24N2O4S. The Morgan fingerprint density at radius 3 is 2.36 bits per heavy atom. The van der Waals surface area contributed by atoms with Gasteiger partial charge in [-0.2, -0.15) is 4.72 Å². The third-order valence-corrected chi connectivity index (χ3v) is 6.38. The van der Waals surface area contributed by atoms with Crippen molar-refractivity contribution >= 4 is 26.9 Å². The minimum Gasteiger partial charge on any atom is -0.459 e. The highest BCUT2D eigenvalue weighted by molar-refractivity contribution is 7.89. The smallest absolute Gasteiger partial charge is 0.241 e. The molecule has 0 radical (unpaired) electrons. The van der Waals surface area contributed by atoms with E-state index in [0.29, 0.717) is 5.76 Å². The number of nitrogens with one attached hydrogen (secondary N) is 1. The molecule has 0 aliphatic heterocycles. The molecule has 0 bridgehead atoms. The Morgan fingerprint density at radius 1 is 1.07 bits per heavy atom. The minimum absolute atomic E-state index is 0.130. The SMILES string of the molecule is Cc1ccc(S(=O)(=O)N[C@H](C)C(=O)N(C)[C@H](C)c2cc3ccccc3o2)cc1. The van der Waals surface area contributed by atoms with Gasteiger partial charge in [0, 0.05) is 12.4 Å². The Kier molecular flexibility index (Phi) is 5.58. The number of furan rings is 1. The largest absolute Gasteiger partial charge is 0.459 e. The zero-order valence-corrected chi connectivity index (χ0v) is 17.2. The summed E-state index contributed by atoms with van der Waals surface area (Å²) >= 11 is 0. The maximum absolute atomic E-state index is 12.8. The van der Waals surface area contributed by atoms with Crippen molar-refractivity contribution in [2.24, 2.45) is 0 Å². The van der Waals surface area contributed by atoms with E-state index in [1.165, 1.54) is 24.0 Å². The van der Waals surface area contributed by atoms with Crippen LogP contribution in [0.1, 0.15) is 31.2 Å². The molecule has 3 aromatic rings. The normalized spacial score (nSPS) is 14.0. The summed E-state index contributed by atoms with van der Waals surface area (Å²) in [6, 6.07) is 14.7. The van der Waals surface area contributed by atoms with Gasteiger partial charge in [-0.3, -0.25) is 4.79 Å². The summed E-state index contributed by atoms with van der Waals surface area (Å²) < 4.78 is 33.4. The van der Waals surface area contributed by atoms with Crippen molar-refractivity contribution in [2.45, 2.75) is 37.8 Å². The first-order valence-corrected chi connectivity index (χ1v) is 10.5. The standard InChI is InChI=1S/C21H24N2O4S/c1-14-9-11-18(12-10-14)28(25,26)22-15(2)21(24)23(4)16(3)20-13-17-7-5-6-8-19(17)27-20/h5-13,15-16,22H,1-4H3/t15-,16-/m1/s1. The highest BCUT2D eigenvalue weighted by atomic mass is 32.2. The first-order chi connectivity index (χ1) is 13.2. The summed E-state index contributed by atoms with van der Waals surface area (Å²) in [6.45, 7) is 5.26. The lowest BCUT2D eigenvalue weighted by atomic mass is 10.2. The molecule has 6 nitrogen and oxygen atoms in total. The minimum atomic E-state index is -3.79. The van der Waals surface area contributed by atoms with Gasteiger partial charge in [0.1, 0.15) is 11.3 Å². The first-order valence-electron chi connectivity index (χ1n) is 9.03. The molecule has 148 valence electrons. The molecule has 3 rings (SSSR count). The second kappa shape index (κ2) is 7.77. The molecule has 2 atom stereocenters. The average molecular weight is 401 g/mol. The molecule has 1 aromatic heterocycles. The molecule has 1 amide bonds. The molecule has 0 spiro atoms. The number of benzene rings is 2. The van der Waals surface area contributed by atoms with Crippen molar-refractivity contribution in [1.29, 1.82) is 0 Å². The van der Waals surface area contributed by atoms with Crippen molar-refractivity contribution in [3.8, 4) is 0 Å². The van der Waals surface area contributed by atoms with Gasteiger partial charge in [0.2, 0.25) is 15.9 Å². The van der Waals surface area contributed by atoms with E-state index in [0.717, 1.165) is 16.5 Å². The maximum Gasteiger partial charge on any atom is 0.241 e. The van der Waals surface area contributed by atoms with Gasteiger partial charge < -0.3 is 9.32 Å². The second-order valence-corrected chi connectivity index (χ2v) is 8.68. The van der Waals surface area contributed by atoms with Gasteiger partial charge in [-0.1, -0.05) is 35.9 Å². The van der Waals surface area contributed by atoms with Crippen molar-refractivity contribution in [3.63, 3.8) is 0 Å². The average Bonchev–Trinajstić information content (AvgIpc) is 3.10. The zero-order valence-electron chi connectivity index (χ0n) is 16.3. The fraction of sp³-hybridized carbons (Fsp3) is 0.286. The molecule has 0 saturated carbocycles. The van der Waals surface area contributed by atoms with Gasteiger partial charge in [0.25, 0.3) is 0 Å². The number of nitrogens with zero attached hydrogens (tertiary/aromatic N) is 1. The topological polar surface area (TPSA) is 79.6 Å². The molecule has 28 heavy (non-hydrogen) atoms. The number of carbonyl (C=O) groups excluding carboxylic acids is 1. The monoisotopic (exact) mass is 400 g/mol. The Hall–Kier alpha value is -2.64. The third kappa shape index (κ3) is 4.10. The molecule has 0 unspecified atom stereocenters. The lowest BCUT2D eigenvalue weighted by molar-refractivity contribution is -0.133. The van der Waals surface area contributed by atoms with Crippen molar-refractivity contribution < 1.29 is 17.6 Å². The molecule has 1 heterocycles. The predicted octanol–water partition coefficient (Wildman–Crippen LogP) is 3.63. The van der Waals surface area contributed by atoms with E-state index in [1.807, 2.05) is 44.2 Å². The summed E-state index contributed by atoms with van der Waals surface area (Å²) in [5, 5.41) is 0.957. The van der Waals surface area contributed by atoms with E-state index in [9.17, 15) is 13.2 Å². The van der Waals surface area contributed by atoms with E-state index >= 15 is 0 Å². The summed E-state index contributed by atoms with van der Waals surface area (Å²) in [6.07, 6.45) is 0. The Balaban J connectivity index is 1.73. The summed E-state index contributed by atoms with van der Waals surface area (Å²) in [7, 11) is -2.15. The molecule has 7 heteroatoms. The fourth-order valence-electron chi connectivity index (χ4n) is 2.96. The van der Waals surface area contributed by atoms with Crippen molar-refractivity contribution in [1.82, 2.24) is 9.62 Å². The van der Waals surface area contributed by atoms with Crippen molar-refractivity contribution in [2.75, 3.05) is 7.05 Å². The predicted molar refractivity (Wildman–Crippen MR) is 108 cm³/mol. The van der Waals surface area contributed by atoms with Crippen LogP contribution in [0.4, 0.5) is 0 Å². The van der Waals surface area contributed by atoms with Gasteiger partial charge >= 0.3 is 0 Å². The van der Waals surface area contributed by atoms with Crippen LogP contribution in [-0.2, 0) is 14.8 Å². The van der Waals surface area contributed by atoms with Gasteiger partial charge in [-0.15, -0.1) is 0 Å². The number of hydrogen-bond acceptors (Lipinski definition) is 4. The fourth-order valence-corrected chi connectivity index (χ4v) is 4.16. The van der Waals surface area contributed by atoms with E-state index < -0.39 is 16.1 Å². The third-order valence-electron chi connectivity index (χ3n) is 4.82. The molecular weight excluding hydrogens is 376 g/mol. The molecule has 0 saturated heterocycles. The van der Waals surface area contributed by atoms with Gasteiger partial charge in [0.15, 0.2) is 0 Å². The second-order valence-electron chi connectivity index (χ2n) is 6.97. The Labute approximate surface area is 165 Å². The highest BCUT2D eigenvalue weighted by Gasteiger charge is 2.28. The number of hydrogen-bond donors (Lipinski definition) is 1. The number of carbonyl (C=O) groups is 1. The maximum atomic E-state index is 12.8. The lowest BCUT2D eigenvalue weighted by Crippen LogP contribution is -2.46. The number of amides is 1. The van der Waals surface area contributed by atoms with Crippen LogP contribution in [0.25, 0.3) is 11.0 Å². The Bertz CT molecular complexity index is 1050. The molecule has 1 N–H and O–H groups in total. The number of fused-ring (bicyclic) bond motifs is 1. The number of sulfonamides is 1. The van der Waals surface area contributed by atoms with Gasteiger partial charge in [0.05, 0.1) is 17.0 Å². The van der Waals surface area contributed by atoms with E-state index in [1.54, 1.807) is 19.2 Å². The van der Waals surface area contributed by atoms with E-state index in [2.05, 4.69) is 4.72 Å². The number of rotatable bonds is 6. The molecule has 0 fully saturated rings. The lowest BCUT2D eigenvalue weighted by Gasteiger charge is -2.26. The van der Waals surface area contributed by atoms with Crippen LogP contribution < -0.4 is 4.72 Å². The van der Waals surface area contributed by atoms with Crippen LogP contribution in [0.3, 0.4) is 0 Å². The summed E-state index contributed by atoms with van der Waals surface area (Å²) in [5.74, 6) is 0.300. The highest BCUT2D eigenvalue weighted by Crippen LogP contribution is 2.27. The van der Waals surface area contributed by atoms with Crippen LogP contribution >= 0.6 is 0 Å². The summed E-state index contributed by atoms with van der Waals surface area (Å²) in [5.41, 5.74) is 1.71. The van der Waals surface area contributed by atoms with Crippen LogP contribution in [0.2, 0.25) is 0 Å². The van der Waals surface area contributed by atoms with Crippen molar-refractivity contribution in [3.05, 3.63) is 65.9 Å². The van der Waals surface area contributed by atoms with Crippen LogP contribution in [-0.4, -0.2) is 32.3 Å². The molecule has 2 aromatic carbocycles. The van der Waals surface area contributed by atoms with Crippen LogP contribution in [0.5, 0.6) is 0 Å². The molecule has 0 aliphatic carbocycles.